The van der Waals surface area contributed by atoms with E-state index in [1.54, 1.807) is 29.2 Å². The molecule has 1 atom stereocenters. The smallest absolute Gasteiger partial charge is 0.247 e. The summed E-state index contributed by atoms with van der Waals surface area (Å²) in [6, 6.07) is 10.3. The van der Waals surface area contributed by atoms with E-state index >= 15 is 0 Å². The first-order valence-electron chi connectivity index (χ1n) is 11.8. The fraction of sp³-hybridized carbons (Fsp3) is 0.480. The largest absolute Gasteiger partial charge is 0.497 e. The molecular weight excluding hydrogens is 473 g/mol. The minimum atomic E-state index is -3.99. The van der Waals surface area contributed by atoms with Crippen molar-refractivity contribution in [3.63, 3.8) is 0 Å². The van der Waals surface area contributed by atoms with Gasteiger partial charge >= 0.3 is 0 Å². The first-order valence-corrected chi connectivity index (χ1v) is 13.3. The Balaban J connectivity index is 1.47. The molecular formula is C25H32FN3O5S. The van der Waals surface area contributed by atoms with Gasteiger partial charge in [-0.05, 0) is 42.7 Å². The van der Waals surface area contributed by atoms with Gasteiger partial charge in [0.15, 0.2) is 0 Å². The van der Waals surface area contributed by atoms with E-state index < -0.39 is 16.1 Å². The van der Waals surface area contributed by atoms with Gasteiger partial charge in [-0.15, -0.1) is 0 Å². The molecule has 8 nitrogen and oxygen atoms in total. The van der Waals surface area contributed by atoms with E-state index in [2.05, 4.69) is 4.90 Å². The third-order valence-corrected chi connectivity index (χ3v) is 8.63. The number of amides is 1. The molecule has 2 aliphatic rings. The Morgan fingerprint density at radius 2 is 1.69 bits per heavy atom. The zero-order chi connectivity index (χ0) is 25.0. The summed E-state index contributed by atoms with van der Waals surface area (Å²) in [4.78, 5) is 17.5. The van der Waals surface area contributed by atoms with Crippen LogP contribution in [-0.4, -0.2) is 81.4 Å². The van der Waals surface area contributed by atoms with Crippen LogP contribution in [0.15, 0.2) is 47.4 Å². The van der Waals surface area contributed by atoms with Gasteiger partial charge in [0.05, 0.1) is 14.2 Å². The molecule has 0 spiro atoms. The Bertz CT molecular complexity index is 1130. The topological polar surface area (TPSA) is 79.4 Å². The first kappa shape index (κ1) is 25.4. The number of ether oxygens (including phenoxy) is 2. The van der Waals surface area contributed by atoms with Crippen molar-refractivity contribution >= 4 is 15.9 Å². The molecule has 1 amide bonds. The summed E-state index contributed by atoms with van der Waals surface area (Å²) >= 11 is 0. The van der Waals surface area contributed by atoms with Crippen LogP contribution < -0.4 is 9.47 Å². The minimum absolute atomic E-state index is 0.00293. The lowest BCUT2D eigenvalue weighted by Gasteiger charge is -2.40. The molecule has 2 aromatic rings. The van der Waals surface area contributed by atoms with Crippen LogP contribution in [0.25, 0.3) is 0 Å². The Kier molecular flexibility index (Phi) is 7.93. The van der Waals surface area contributed by atoms with Crippen molar-refractivity contribution in [1.82, 2.24) is 14.1 Å². The molecule has 2 fully saturated rings. The highest BCUT2D eigenvalue weighted by atomic mass is 32.2. The minimum Gasteiger partial charge on any atom is -0.497 e. The SMILES string of the molecule is COc1ccc(OC)c(S(=O)(=O)N2CCCCC2C(=O)N2CCN(Cc3ccc(F)cc3)CC2)c1. The standard InChI is InChI=1S/C25H32FN3O5S/c1-33-21-10-11-23(34-2)24(17-21)35(31,32)29-12-4-3-5-22(29)25(30)28-15-13-27(14-16-28)18-19-6-8-20(26)9-7-19/h6-11,17,22H,3-5,12-16,18H2,1-2H3. The molecule has 10 heteroatoms. The second kappa shape index (κ2) is 10.9. The second-order valence-corrected chi connectivity index (χ2v) is 10.7. The van der Waals surface area contributed by atoms with E-state index in [-0.39, 0.29) is 28.9 Å². The molecule has 0 aromatic heterocycles. The number of methoxy groups -OCH3 is 2. The van der Waals surface area contributed by atoms with Gasteiger partial charge in [-0.25, -0.2) is 12.8 Å². The number of hydrogen-bond donors (Lipinski definition) is 0. The van der Waals surface area contributed by atoms with E-state index in [1.807, 2.05) is 0 Å². The fourth-order valence-electron chi connectivity index (χ4n) is 4.74. The molecule has 35 heavy (non-hydrogen) atoms. The average Bonchev–Trinajstić information content (AvgIpc) is 2.89. The van der Waals surface area contributed by atoms with Crippen LogP contribution in [0.2, 0.25) is 0 Å². The zero-order valence-corrected chi connectivity index (χ0v) is 21.0. The summed E-state index contributed by atoms with van der Waals surface area (Å²) in [7, 11) is -1.09. The fourth-order valence-corrected chi connectivity index (χ4v) is 6.56. The Labute approximate surface area is 206 Å². The summed E-state index contributed by atoms with van der Waals surface area (Å²) in [5.41, 5.74) is 1.02. The number of halogens is 1. The average molecular weight is 506 g/mol. The number of carbonyl (C=O) groups is 1. The monoisotopic (exact) mass is 505 g/mol. The molecule has 2 heterocycles. The van der Waals surface area contributed by atoms with Gasteiger partial charge in [0.1, 0.15) is 28.3 Å². The third kappa shape index (κ3) is 5.60. The van der Waals surface area contributed by atoms with Gasteiger partial charge in [0, 0.05) is 45.3 Å². The number of benzene rings is 2. The predicted molar refractivity (Wildman–Crippen MR) is 129 cm³/mol. The molecule has 0 aliphatic carbocycles. The number of sulfonamides is 1. The summed E-state index contributed by atoms with van der Waals surface area (Å²) in [5, 5.41) is 0. The maximum atomic E-state index is 13.7. The normalized spacial score (nSPS) is 20.0. The first-order chi connectivity index (χ1) is 16.8. The maximum absolute atomic E-state index is 13.7. The lowest BCUT2D eigenvalue weighted by Crippen LogP contribution is -2.57. The Morgan fingerprint density at radius 3 is 2.34 bits per heavy atom. The molecule has 0 saturated carbocycles. The van der Waals surface area contributed by atoms with Crippen LogP contribution in [0.1, 0.15) is 24.8 Å². The highest BCUT2D eigenvalue weighted by Crippen LogP contribution is 2.34. The van der Waals surface area contributed by atoms with Gasteiger partial charge in [-0.2, -0.15) is 4.31 Å². The number of piperazine rings is 1. The van der Waals surface area contributed by atoms with Crippen LogP contribution in [0.5, 0.6) is 11.5 Å². The molecule has 2 aliphatic heterocycles. The van der Waals surface area contributed by atoms with Crippen molar-refractivity contribution in [2.75, 3.05) is 46.9 Å². The lowest BCUT2D eigenvalue weighted by molar-refractivity contribution is -0.138. The number of nitrogens with zero attached hydrogens (tertiary/aromatic N) is 3. The summed E-state index contributed by atoms with van der Waals surface area (Å²) in [6.07, 6.45) is 1.98. The van der Waals surface area contributed by atoms with Crippen molar-refractivity contribution < 1.29 is 27.1 Å². The van der Waals surface area contributed by atoms with Gasteiger partial charge < -0.3 is 14.4 Å². The molecule has 0 N–H and O–H groups in total. The third-order valence-electron chi connectivity index (χ3n) is 6.70. The second-order valence-electron chi connectivity index (χ2n) is 8.87. The van der Waals surface area contributed by atoms with Crippen molar-refractivity contribution in [3.05, 3.63) is 53.8 Å². The van der Waals surface area contributed by atoms with Gasteiger partial charge in [0.25, 0.3) is 0 Å². The van der Waals surface area contributed by atoms with E-state index in [4.69, 9.17) is 9.47 Å². The number of carbonyl (C=O) groups excluding carboxylic acids is 1. The van der Waals surface area contributed by atoms with Crippen molar-refractivity contribution in [2.24, 2.45) is 0 Å². The van der Waals surface area contributed by atoms with Crippen LogP contribution >= 0.6 is 0 Å². The highest BCUT2D eigenvalue weighted by molar-refractivity contribution is 7.89. The Hall–Kier alpha value is -2.69. The van der Waals surface area contributed by atoms with Crippen molar-refractivity contribution in [1.29, 1.82) is 0 Å². The molecule has 2 aromatic carbocycles. The maximum Gasteiger partial charge on any atom is 0.247 e. The molecule has 0 bridgehead atoms. The molecule has 0 radical (unpaired) electrons. The van der Waals surface area contributed by atoms with Crippen LogP contribution in [0.4, 0.5) is 4.39 Å². The predicted octanol–water partition coefficient (Wildman–Crippen LogP) is 2.73. The van der Waals surface area contributed by atoms with Crippen LogP contribution in [0.3, 0.4) is 0 Å². The molecule has 4 rings (SSSR count). The van der Waals surface area contributed by atoms with Gasteiger partial charge in [-0.3, -0.25) is 9.69 Å². The quantitative estimate of drug-likeness (QED) is 0.576. The number of piperidine rings is 1. The van der Waals surface area contributed by atoms with Crippen LogP contribution in [-0.2, 0) is 21.4 Å². The van der Waals surface area contributed by atoms with Gasteiger partial charge in [0.2, 0.25) is 15.9 Å². The van der Waals surface area contributed by atoms with E-state index in [0.717, 1.165) is 12.0 Å². The summed E-state index contributed by atoms with van der Waals surface area (Å²) in [5.74, 6) is 0.206. The highest BCUT2D eigenvalue weighted by Gasteiger charge is 2.41. The lowest BCUT2D eigenvalue weighted by atomic mass is 10.0. The Morgan fingerprint density at radius 1 is 0.971 bits per heavy atom. The van der Waals surface area contributed by atoms with E-state index in [0.29, 0.717) is 51.3 Å². The number of hydrogen-bond acceptors (Lipinski definition) is 6. The summed E-state index contributed by atoms with van der Waals surface area (Å²) < 4.78 is 52.4. The zero-order valence-electron chi connectivity index (χ0n) is 20.2. The molecule has 190 valence electrons. The van der Waals surface area contributed by atoms with E-state index in [9.17, 15) is 17.6 Å². The van der Waals surface area contributed by atoms with E-state index in [1.165, 1.54) is 36.7 Å². The van der Waals surface area contributed by atoms with Crippen molar-refractivity contribution in [3.8, 4) is 11.5 Å². The molecule has 1 unspecified atom stereocenters. The van der Waals surface area contributed by atoms with Crippen LogP contribution in [0, 0.1) is 5.82 Å². The summed E-state index contributed by atoms with van der Waals surface area (Å²) in [6.45, 7) is 3.35. The van der Waals surface area contributed by atoms with Gasteiger partial charge in [-0.1, -0.05) is 18.6 Å². The molecule has 2 saturated heterocycles. The number of rotatable bonds is 7. The van der Waals surface area contributed by atoms with Crippen molar-refractivity contribution in [2.45, 2.75) is 36.7 Å².